The van der Waals surface area contributed by atoms with Gasteiger partial charge in [0.2, 0.25) is 0 Å². The molecule has 0 aromatic heterocycles. The van der Waals surface area contributed by atoms with E-state index >= 15 is 0 Å². The predicted molar refractivity (Wildman–Crippen MR) is 70.3 cm³/mol. The molecule has 1 aromatic rings. The van der Waals surface area contributed by atoms with Crippen molar-refractivity contribution in [2.24, 2.45) is 0 Å². The number of nitrogens with zero attached hydrogens (tertiary/aromatic N) is 1. The Balaban J connectivity index is 3.11. The lowest BCUT2D eigenvalue weighted by Crippen LogP contribution is -1.99. The Hall–Kier alpha value is -2.08. The topological polar surface area (TPSA) is 78.7 Å². The maximum absolute atomic E-state index is 11.2. The number of nitro groups is 1. The minimum atomic E-state index is -0.586. The van der Waals surface area contributed by atoms with Gasteiger partial charge >= 0.3 is 11.7 Å². The van der Waals surface area contributed by atoms with Crippen molar-refractivity contribution >= 4 is 29.3 Å². The van der Waals surface area contributed by atoms with Gasteiger partial charge in [-0.1, -0.05) is 11.6 Å². The molecule has 6 nitrogen and oxygen atoms in total. The molecule has 0 saturated heterocycles. The second kappa shape index (κ2) is 6.75. The number of carbonyl (C=O) groups excluding carboxylic acids is 1. The van der Waals surface area contributed by atoms with Crippen LogP contribution in [0.5, 0.6) is 5.75 Å². The average Bonchev–Trinajstić information content (AvgIpc) is 2.36. The Morgan fingerprint density at radius 2 is 2.21 bits per heavy atom. The van der Waals surface area contributed by atoms with Crippen molar-refractivity contribution in [1.29, 1.82) is 0 Å². The first-order valence-corrected chi connectivity index (χ1v) is 5.74. The zero-order valence-electron chi connectivity index (χ0n) is 10.4. The molecule has 19 heavy (non-hydrogen) atoms. The molecule has 102 valence electrons. The average molecular weight is 286 g/mol. The molecule has 1 aromatic carbocycles. The number of hydrogen-bond acceptors (Lipinski definition) is 5. The molecule has 0 aliphatic heterocycles. The summed E-state index contributed by atoms with van der Waals surface area (Å²) in [6, 6.07) is 2.56. The zero-order chi connectivity index (χ0) is 14.4. The van der Waals surface area contributed by atoms with Gasteiger partial charge in [-0.3, -0.25) is 10.1 Å². The number of halogens is 1. The van der Waals surface area contributed by atoms with E-state index < -0.39 is 10.9 Å². The predicted octanol–water partition coefficient (Wildman–Crippen LogP) is 2.83. The third-order valence-electron chi connectivity index (χ3n) is 2.18. The Bertz CT molecular complexity index is 527. The molecule has 0 fully saturated rings. The number of methoxy groups -OCH3 is 1. The normalized spacial score (nSPS) is 10.5. The second-order valence-corrected chi connectivity index (χ2v) is 3.80. The lowest BCUT2D eigenvalue weighted by Gasteiger charge is -2.04. The van der Waals surface area contributed by atoms with Crippen LogP contribution in [0, 0.1) is 10.1 Å². The smallest absolute Gasteiger partial charge is 0.330 e. The Morgan fingerprint density at radius 1 is 1.53 bits per heavy atom. The highest BCUT2D eigenvalue weighted by Crippen LogP contribution is 2.33. The van der Waals surface area contributed by atoms with Crippen molar-refractivity contribution < 1.29 is 19.2 Å². The standard InChI is InChI=1S/C12H12ClNO5/c1-3-19-12(15)5-4-8-6-10(14(16)17)11(18-2)7-9(8)13/h4-7H,3H2,1-2H3. The first-order valence-electron chi connectivity index (χ1n) is 5.36. The molecule has 0 saturated carbocycles. The summed E-state index contributed by atoms with van der Waals surface area (Å²) >= 11 is 5.94. The zero-order valence-corrected chi connectivity index (χ0v) is 11.1. The molecule has 1 rings (SSSR count). The number of nitro benzene ring substituents is 1. The summed E-state index contributed by atoms with van der Waals surface area (Å²) in [5.74, 6) is -0.486. The molecule has 0 N–H and O–H groups in total. The van der Waals surface area contributed by atoms with Crippen LogP contribution in [-0.2, 0) is 9.53 Å². The van der Waals surface area contributed by atoms with Gasteiger partial charge in [0.15, 0.2) is 5.75 Å². The van der Waals surface area contributed by atoms with Gasteiger partial charge in [-0.2, -0.15) is 0 Å². The first kappa shape index (κ1) is 15.0. The van der Waals surface area contributed by atoms with Gasteiger partial charge in [0, 0.05) is 23.8 Å². The number of ether oxygens (including phenoxy) is 2. The molecule has 0 bridgehead atoms. The van der Waals surface area contributed by atoms with Crippen LogP contribution in [0.25, 0.3) is 6.08 Å². The van der Waals surface area contributed by atoms with E-state index in [1.54, 1.807) is 6.92 Å². The number of esters is 1. The molecule has 0 heterocycles. The van der Waals surface area contributed by atoms with Crippen LogP contribution in [0.2, 0.25) is 5.02 Å². The summed E-state index contributed by atoms with van der Waals surface area (Å²) in [4.78, 5) is 21.4. The number of carbonyl (C=O) groups is 1. The monoisotopic (exact) mass is 285 g/mol. The van der Waals surface area contributed by atoms with Crippen LogP contribution in [-0.4, -0.2) is 24.6 Å². The van der Waals surface area contributed by atoms with E-state index in [-0.39, 0.29) is 23.1 Å². The van der Waals surface area contributed by atoms with Crippen LogP contribution < -0.4 is 4.74 Å². The van der Waals surface area contributed by atoms with Gasteiger partial charge in [0.05, 0.1) is 23.7 Å². The molecule has 0 aliphatic carbocycles. The fourth-order valence-electron chi connectivity index (χ4n) is 1.34. The fourth-order valence-corrected chi connectivity index (χ4v) is 1.56. The summed E-state index contributed by atoms with van der Waals surface area (Å²) in [6.07, 6.45) is 2.51. The van der Waals surface area contributed by atoms with Crippen LogP contribution in [0.4, 0.5) is 5.69 Å². The molecule has 0 aliphatic rings. The molecule has 0 unspecified atom stereocenters. The van der Waals surface area contributed by atoms with Crippen LogP contribution in [0.15, 0.2) is 18.2 Å². The maximum Gasteiger partial charge on any atom is 0.330 e. The minimum absolute atomic E-state index is 0.0586. The van der Waals surface area contributed by atoms with Crippen molar-refractivity contribution in [3.8, 4) is 5.75 Å². The summed E-state index contributed by atoms with van der Waals surface area (Å²) in [5, 5.41) is 11.1. The van der Waals surface area contributed by atoms with E-state index in [2.05, 4.69) is 0 Å². The van der Waals surface area contributed by atoms with Crippen LogP contribution in [0.3, 0.4) is 0 Å². The van der Waals surface area contributed by atoms with E-state index in [1.165, 1.54) is 25.3 Å². The molecular formula is C12H12ClNO5. The van der Waals surface area contributed by atoms with Crippen LogP contribution in [0.1, 0.15) is 12.5 Å². The largest absolute Gasteiger partial charge is 0.490 e. The van der Waals surface area contributed by atoms with Crippen molar-refractivity contribution in [3.05, 3.63) is 38.9 Å². The van der Waals surface area contributed by atoms with E-state index in [1.807, 2.05) is 0 Å². The Morgan fingerprint density at radius 3 is 2.74 bits per heavy atom. The summed E-state index contributed by atoms with van der Waals surface area (Å²) in [6.45, 7) is 1.93. The maximum atomic E-state index is 11.2. The van der Waals surface area contributed by atoms with Crippen molar-refractivity contribution in [2.75, 3.05) is 13.7 Å². The van der Waals surface area contributed by atoms with Gasteiger partial charge in [-0.15, -0.1) is 0 Å². The molecule has 7 heteroatoms. The summed E-state index contributed by atoms with van der Waals surface area (Å²) in [5.41, 5.74) is 0.109. The van der Waals surface area contributed by atoms with E-state index in [0.717, 1.165) is 6.08 Å². The highest BCUT2D eigenvalue weighted by Gasteiger charge is 2.17. The van der Waals surface area contributed by atoms with Gasteiger partial charge < -0.3 is 9.47 Å². The van der Waals surface area contributed by atoms with Gasteiger partial charge in [-0.05, 0) is 13.0 Å². The van der Waals surface area contributed by atoms with E-state index in [4.69, 9.17) is 21.1 Å². The number of benzene rings is 1. The molecule has 0 atom stereocenters. The van der Waals surface area contributed by atoms with Gasteiger partial charge in [0.1, 0.15) is 0 Å². The van der Waals surface area contributed by atoms with E-state index in [9.17, 15) is 14.9 Å². The first-order chi connectivity index (χ1) is 8.99. The number of hydrogen-bond donors (Lipinski definition) is 0. The van der Waals surface area contributed by atoms with Gasteiger partial charge in [0.25, 0.3) is 0 Å². The lowest BCUT2D eigenvalue weighted by atomic mass is 10.1. The number of rotatable bonds is 5. The second-order valence-electron chi connectivity index (χ2n) is 3.39. The third kappa shape index (κ3) is 3.96. The fraction of sp³-hybridized carbons (Fsp3) is 0.250. The Kier molecular flexibility index (Phi) is 5.32. The quantitative estimate of drug-likeness (QED) is 0.360. The summed E-state index contributed by atoms with van der Waals surface area (Å²) in [7, 11) is 1.31. The van der Waals surface area contributed by atoms with Crippen molar-refractivity contribution in [3.63, 3.8) is 0 Å². The van der Waals surface area contributed by atoms with Crippen LogP contribution >= 0.6 is 11.6 Å². The summed E-state index contributed by atoms with van der Waals surface area (Å²) < 4.78 is 9.56. The molecular weight excluding hydrogens is 274 g/mol. The van der Waals surface area contributed by atoms with Gasteiger partial charge in [-0.25, -0.2) is 4.79 Å². The Labute approximate surface area is 114 Å². The molecule has 0 amide bonds. The minimum Gasteiger partial charge on any atom is -0.490 e. The highest BCUT2D eigenvalue weighted by molar-refractivity contribution is 6.32. The lowest BCUT2D eigenvalue weighted by molar-refractivity contribution is -0.385. The highest BCUT2D eigenvalue weighted by atomic mass is 35.5. The molecule has 0 spiro atoms. The van der Waals surface area contributed by atoms with Crippen molar-refractivity contribution in [1.82, 2.24) is 0 Å². The third-order valence-corrected chi connectivity index (χ3v) is 2.51. The van der Waals surface area contributed by atoms with Crippen molar-refractivity contribution in [2.45, 2.75) is 6.92 Å². The SMILES string of the molecule is CCOC(=O)C=Cc1cc([N+](=O)[O-])c(OC)cc1Cl. The van der Waals surface area contributed by atoms with E-state index in [0.29, 0.717) is 5.56 Å². The molecule has 0 radical (unpaired) electrons.